The molecule has 2 fully saturated rings. The minimum atomic E-state index is -4.58. The van der Waals surface area contributed by atoms with Gasteiger partial charge >= 0.3 is 6.36 Å². The van der Waals surface area contributed by atoms with Crippen molar-refractivity contribution in [2.45, 2.75) is 56.6 Å². The van der Waals surface area contributed by atoms with Gasteiger partial charge in [-0.3, -0.25) is 4.74 Å². The Bertz CT molecular complexity index is 451. The zero-order chi connectivity index (χ0) is 14.2. The van der Waals surface area contributed by atoms with Gasteiger partial charge in [0.25, 0.3) is 5.89 Å². The maximum Gasteiger partial charge on any atom is 0.522 e. The highest BCUT2D eigenvalue weighted by Gasteiger charge is 2.42. The van der Waals surface area contributed by atoms with Gasteiger partial charge in [-0.15, -0.1) is 13.2 Å². The minimum Gasteiger partial charge on any atom is -0.368 e. The SMILES string of the molecule is FC(F)(F)OC1CC(c2noc(C3CCCCO3)n2)C1. The van der Waals surface area contributed by atoms with E-state index in [2.05, 4.69) is 14.9 Å². The maximum absolute atomic E-state index is 12.0. The number of rotatable bonds is 3. The van der Waals surface area contributed by atoms with Crippen LogP contribution < -0.4 is 0 Å². The zero-order valence-corrected chi connectivity index (χ0v) is 10.7. The molecule has 0 amide bonds. The molecule has 0 spiro atoms. The normalized spacial score (nSPS) is 31.1. The van der Waals surface area contributed by atoms with Crippen molar-refractivity contribution in [2.75, 3.05) is 6.61 Å². The van der Waals surface area contributed by atoms with Gasteiger partial charge in [0, 0.05) is 12.5 Å². The van der Waals surface area contributed by atoms with Crippen LogP contribution in [-0.2, 0) is 9.47 Å². The van der Waals surface area contributed by atoms with Gasteiger partial charge in [-0.1, -0.05) is 5.16 Å². The highest BCUT2D eigenvalue weighted by atomic mass is 19.4. The summed E-state index contributed by atoms with van der Waals surface area (Å²) in [5.41, 5.74) is 0. The van der Waals surface area contributed by atoms with E-state index in [4.69, 9.17) is 9.26 Å². The van der Waals surface area contributed by atoms with Gasteiger partial charge in [-0.25, -0.2) is 0 Å². The molecular formula is C12H15F3N2O3. The van der Waals surface area contributed by atoms with Gasteiger partial charge in [0.15, 0.2) is 5.82 Å². The van der Waals surface area contributed by atoms with Crippen molar-refractivity contribution in [3.05, 3.63) is 11.7 Å². The summed E-state index contributed by atoms with van der Waals surface area (Å²) >= 11 is 0. The highest BCUT2D eigenvalue weighted by molar-refractivity contribution is 5.04. The first-order valence-electron chi connectivity index (χ1n) is 6.71. The van der Waals surface area contributed by atoms with E-state index in [0.717, 1.165) is 19.3 Å². The van der Waals surface area contributed by atoms with Crippen LogP contribution in [0.15, 0.2) is 4.52 Å². The van der Waals surface area contributed by atoms with Crippen LogP contribution in [0.4, 0.5) is 13.2 Å². The third-order valence-electron chi connectivity index (χ3n) is 3.67. The van der Waals surface area contributed by atoms with E-state index in [-0.39, 0.29) is 24.9 Å². The molecular weight excluding hydrogens is 277 g/mol. The van der Waals surface area contributed by atoms with Crippen LogP contribution in [0, 0.1) is 0 Å². The van der Waals surface area contributed by atoms with Crippen molar-refractivity contribution in [1.29, 1.82) is 0 Å². The van der Waals surface area contributed by atoms with Gasteiger partial charge in [-0.2, -0.15) is 4.98 Å². The molecule has 5 nitrogen and oxygen atoms in total. The predicted octanol–water partition coefficient (Wildman–Crippen LogP) is 3.09. The second kappa shape index (κ2) is 5.33. The van der Waals surface area contributed by atoms with E-state index in [9.17, 15) is 13.2 Å². The Morgan fingerprint density at radius 3 is 2.65 bits per heavy atom. The van der Waals surface area contributed by atoms with Crippen molar-refractivity contribution >= 4 is 0 Å². The minimum absolute atomic E-state index is 0.122. The van der Waals surface area contributed by atoms with Gasteiger partial charge in [0.2, 0.25) is 0 Å². The monoisotopic (exact) mass is 292 g/mol. The standard InChI is InChI=1S/C12H15F3N2O3/c13-12(14,15)19-8-5-7(6-8)10-16-11(20-17-10)9-3-1-2-4-18-9/h7-9H,1-6H2. The number of aromatic nitrogens is 2. The molecule has 1 aliphatic heterocycles. The first-order valence-corrected chi connectivity index (χ1v) is 6.71. The lowest BCUT2D eigenvalue weighted by molar-refractivity contribution is -0.352. The Hall–Kier alpha value is -1.15. The molecule has 0 bridgehead atoms. The molecule has 20 heavy (non-hydrogen) atoms. The lowest BCUT2D eigenvalue weighted by Crippen LogP contribution is -2.35. The molecule has 3 rings (SSSR count). The van der Waals surface area contributed by atoms with Crippen molar-refractivity contribution in [2.24, 2.45) is 0 Å². The molecule has 1 aromatic rings. The van der Waals surface area contributed by atoms with Gasteiger partial charge < -0.3 is 9.26 Å². The molecule has 1 saturated heterocycles. The summed E-state index contributed by atoms with van der Waals surface area (Å²) in [4.78, 5) is 4.25. The summed E-state index contributed by atoms with van der Waals surface area (Å²) in [6.45, 7) is 0.674. The number of hydrogen-bond donors (Lipinski definition) is 0. The highest BCUT2D eigenvalue weighted by Crippen LogP contribution is 2.40. The molecule has 2 heterocycles. The number of halogens is 3. The third-order valence-corrected chi connectivity index (χ3v) is 3.67. The topological polar surface area (TPSA) is 57.4 Å². The fourth-order valence-corrected chi connectivity index (χ4v) is 2.54. The van der Waals surface area contributed by atoms with Gasteiger partial charge in [-0.05, 0) is 32.1 Å². The van der Waals surface area contributed by atoms with E-state index in [0.29, 0.717) is 18.3 Å². The first-order chi connectivity index (χ1) is 9.51. The van der Waals surface area contributed by atoms with Crippen LogP contribution >= 0.6 is 0 Å². The Labute approximate surface area is 113 Å². The fraction of sp³-hybridized carbons (Fsp3) is 0.833. The van der Waals surface area contributed by atoms with Crippen LogP contribution in [-0.4, -0.2) is 29.2 Å². The molecule has 1 atom stereocenters. The summed E-state index contributed by atoms with van der Waals surface area (Å²) in [6.07, 6.45) is -2.10. The molecule has 8 heteroatoms. The molecule has 0 aromatic carbocycles. The Kier molecular flexibility index (Phi) is 3.68. The third kappa shape index (κ3) is 3.12. The fourth-order valence-electron chi connectivity index (χ4n) is 2.54. The molecule has 0 N–H and O–H groups in total. The summed E-state index contributed by atoms with van der Waals surface area (Å²) < 4.78 is 50.7. The van der Waals surface area contributed by atoms with Gasteiger partial charge in [0.05, 0.1) is 6.10 Å². The van der Waals surface area contributed by atoms with Crippen LogP contribution in [0.2, 0.25) is 0 Å². The lowest BCUT2D eigenvalue weighted by atomic mass is 9.82. The van der Waals surface area contributed by atoms with Gasteiger partial charge in [0.1, 0.15) is 6.10 Å². The average molecular weight is 292 g/mol. The largest absolute Gasteiger partial charge is 0.522 e. The first kappa shape index (κ1) is 13.8. The van der Waals surface area contributed by atoms with E-state index >= 15 is 0 Å². The van der Waals surface area contributed by atoms with E-state index in [1.165, 1.54) is 0 Å². The summed E-state index contributed by atoms with van der Waals surface area (Å²) in [6, 6.07) is 0. The van der Waals surface area contributed by atoms with Crippen LogP contribution in [0.25, 0.3) is 0 Å². The van der Waals surface area contributed by atoms with Crippen molar-refractivity contribution in [3.63, 3.8) is 0 Å². The molecule has 1 aromatic heterocycles. The second-order valence-corrected chi connectivity index (χ2v) is 5.20. The van der Waals surface area contributed by atoms with Crippen molar-refractivity contribution in [1.82, 2.24) is 10.1 Å². The smallest absolute Gasteiger partial charge is 0.368 e. The molecule has 112 valence electrons. The van der Waals surface area contributed by atoms with E-state index in [1.54, 1.807) is 0 Å². The van der Waals surface area contributed by atoms with Crippen LogP contribution in [0.5, 0.6) is 0 Å². The quantitative estimate of drug-likeness (QED) is 0.856. The summed E-state index contributed by atoms with van der Waals surface area (Å²) in [5, 5.41) is 3.84. The molecule has 1 saturated carbocycles. The number of ether oxygens (including phenoxy) is 2. The predicted molar refractivity (Wildman–Crippen MR) is 59.7 cm³/mol. The second-order valence-electron chi connectivity index (χ2n) is 5.20. The van der Waals surface area contributed by atoms with Crippen molar-refractivity contribution in [3.8, 4) is 0 Å². The zero-order valence-electron chi connectivity index (χ0n) is 10.7. The maximum atomic E-state index is 12.0. The molecule has 0 radical (unpaired) electrons. The summed E-state index contributed by atoms with van der Waals surface area (Å²) in [7, 11) is 0. The van der Waals surface area contributed by atoms with Crippen molar-refractivity contribution < 1.29 is 27.2 Å². The van der Waals surface area contributed by atoms with Crippen LogP contribution in [0.3, 0.4) is 0 Å². The number of hydrogen-bond acceptors (Lipinski definition) is 5. The molecule has 1 unspecified atom stereocenters. The Balaban J connectivity index is 1.53. The number of alkyl halides is 3. The van der Waals surface area contributed by atoms with E-state index in [1.807, 2.05) is 0 Å². The Morgan fingerprint density at radius 1 is 1.20 bits per heavy atom. The molecule has 1 aliphatic carbocycles. The van der Waals surface area contributed by atoms with Crippen LogP contribution in [0.1, 0.15) is 55.8 Å². The number of nitrogens with zero attached hydrogens (tertiary/aromatic N) is 2. The lowest BCUT2D eigenvalue weighted by Gasteiger charge is -2.33. The van der Waals surface area contributed by atoms with E-state index < -0.39 is 12.5 Å². The Morgan fingerprint density at radius 2 is 2.00 bits per heavy atom. The summed E-state index contributed by atoms with van der Waals surface area (Å²) in [5.74, 6) is 0.763. The average Bonchev–Trinajstić information content (AvgIpc) is 2.82. The molecule has 2 aliphatic rings.